The number of fused-ring (bicyclic) bond motifs is 1. The second-order valence-corrected chi connectivity index (χ2v) is 5.73. The molecule has 1 heterocycles. The molecule has 5 nitrogen and oxygen atoms in total. The second kappa shape index (κ2) is 7.27. The van der Waals surface area contributed by atoms with Crippen LogP contribution in [0.5, 0.6) is 5.75 Å². The number of hydrogen-bond acceptors (Lipinski definition) is 4. The Morgan fingerprint density at radius 3 is 2.71 bits per heavy atom. The predicted molar refractivity (Wildman–Crippen MR) is 95.1 cm³/mol. The van der Waals surface area contributed by atoms with Gasteiger partial charge in [0.15, 0.2) is 0 Å². The van der Waals surface area contributed by atoms with Crippen LogP contribution in [0.1, 0.15) is 12.5 Å². The van der Waals surface area contributed by atoms with Gasteiger partial charge in [0.05, 0.1) is 24.9 Å². The van der Waals surface area contributed by atoms with E-state index in [4.69, 9.17) is 4.74 Å². The van der Waals surface area contributed by atoms with Crippen LogP contribution >= 0.6 is 0 Å². The summed E-state index contributed by atoms with van der Waals surface area (Å²) >= 11 is 0. The maximum atomic E-state index is 12.5. The number of rotatable bonds is 6. The summed E-state index contributed by atoms with van der Waals surface area (Å²) in [4.78, 5) is 14.6. The summed E-state index contributed by atoms with van der Waals surface area (Å²) in [6, 6.07) is 15.5. The van der Waals surface area contributed by atoms with Gasteiger partial charge >= 0.3 is 0 Å². The summed E-state index contributed by atoms with van der Waals surface area (Å²) in [6.45, 7) is 3.70. The van der Waals surface area contributed by atoms with Crippen molar-refractivity contribution in [1.82, 2.24) is 14.7 Å². The molecule has 124 valence electrons. The van der Waals surface area contributed by atoms with Crippen molar-refractivity contribution in [3.63, 3.8) is 0 Å². The Balaban J connectivity index is 1.79. The van der Waals surface area contributed by atoms with E-state index in [1.54, 1.807) is 6.20 Å². The molecule has 2 aromatic carbocycles. The third kappa shape index (κ3) is 3.46. The Morgan fingerprint density at radius 2 is 1.88 bits per heavy atom. The van der Waals surface area contributed by atoms with E-state index < -0.39 is 0 Å². The lowest BCUT2D eigenvalue weighted by atomic mass is 10.2. The summed E-state index contributed by atoms with van der Waals surface area (Å²) in [5.41, 5.74) is 1.02. The lowest BCUT2D eigenvalue weighted by Gasteiger charge is -2.19. The Bertz CT molecular complexity index is 889. The van der Waals surface area contributed by atoms with Gasteiger partial charge in [0, 0.05) is 17.5 Å². The van der Waals surface area contributed by atoms with Crippen LogP contribution in [0.25, 0.3) is 10.8 Å². The van der Waals surface area contributed by atoms with Crippen LogP contribution in [0.15, 0.2) is 59.5 Å². The Labute approximate surface area is 141 Å². The van der Waals surface area contributed by atoms with Crippen molar-refractivity contribution < 1.29 is 4.74 Å². The van der Waals surface area contributed by atoms with Gasteiger partial charge < -0.3 is 4.74 Å². The average molecular weight is 323 g/mol. The standard InChI is InChI=1S/C19H21N3O2/c1-3-24-18-11-7-5-9-16(18)13-21(2)14-22-19(23)17-10-6-4-8-15(17)12-20-22/h4-12H,3,13-14H2,1-2H3. The highest BCUT2D eigenvalue weighted by molar-refractivity contribution is 5.80. The number of hydrogen-bond donors (Lipinski definition) is 0. The zero-order valence-electron chi connectivity index (χ0n) is 14.0. The van der Waals surface area contributed by atoms with E-state index in [0.29, 0.717) is 25.2 Å². The van der Waals surface area contributed by atoms with Crippen molar-refractivity contribution in [3.8, 4) is 5.75 Å². The number of ether oxygens (including phenoxy) is 1. The van der Waals surface area contributed by atoms with Crippen molar-refractivity contribution >= 4 is 10.8 Å². The topological polar surface area (TPSA) is 47.4 Å². The van der Waals surface area contributed by atoms with Crippen molar-refractivity contribution in [1.29, 1.82) is 0 Å². The van der Waals surface area contributed by atoms with Crippen LogP contribution in [0.4, 0.5) is 0 Å². The smallest absolute Gasteiger partial charge is 0.275 e. The first-order valence-corrected chi connectivity index (χ1v) is 8.03. The summed E-state index contributed by atoms with van der Waals surface area (Å²) in [7, 11) is 1.96. The number of aromatic nitrogens is 2. The first-order chi connectivity index (χ1) is 11.7. The Hall–Kier alpha value is -2.66. The van der Waals surface area contributed by atoms with E-state index in [1.165, 1.54) is 4.68 Å². The van der Waals surface area contributed by atoms with Crippen LogP contribution in [0.2, 0.25) is 0 Å². The van der Waals surface area contributed by atoms with E-state index >= 15 is 0 Å². The summed E-state index contributed by atoms with van der Waals surface area (Å²) < 4.78 is 7.15. The molecular formula is C19H21N3O2. The van der Waals surface area contributed by atoms with E-state index in [1.807, 2.05) is 67.4 Å². The molecule has 0 saturated heterocycles. The van der Waals surface area contributed by atoms with Gasteiger partial charge in [-0.05, 0) is 26.1 Å². The molecule has 3 aromatic rings. The molecule has 0 radical (unpaired) electrons. The molecule has 1 aromatic heterocycles. The van der Waals surface area contributed by atoms with Crippen LogP contribution < -0.4 is 10.3 Å². The fraction of sp³-hybridized carbons (Fsp3) is 0.263. The Morgan fingerprint density at radius 1 is 1.12 bits per heavy atom. The van der Waals surface area contributed by atoms with Crippen molar-refractivity contribution in [2.24, 2.45) is 0 Å². The van der Waals surface area contributed by atoms with E-state index in [2.05, 4.69) is 5.10 Å². The van der Waals surface area contributed by atoms with Gasteiger partial charge in [-0.1, -0.05) is 36.4 Å². The minimum absolute atomic E-state index is 0.0713. The van der Waals surface area contributed by atoms with Gasteiger partial charge in [0.25, 0.3) is 5.56 Å². The number of nitrogens with zero attached hydrogens (tertiary/aromatic N) is 3. The zero-order chi connectivity index (χ0) is 16.9. The molecule has 0 spiro atoms. The molecule has 0 fully saturated rings. The number of para-hydroxylation sites is 1. The largest absolute Gasteiger partial charge is 0.494 e. The maximum absolute atomic E-state index is 12.5. The summed E-state index contributed by atoms with van der Waals surface area (Å²) in [5, 5.41) is 5.83. The SMILES string of the molecule is CCOc1ccccc1CN(C)Cn1ncc2ccccc2c1=O. The highest BCUT2D eigenvalue weighted by Crippen LogP contribution is 2.19. The van der Waals surface area contributed by atoms with Crippen LogP contribution in [0, 0.1) is 0 Å². The lowest BCUT2D eigenvalue weighted by Crippen LogP contribution is -2.31. The monoisotopic (exact) mass is 323 g/mol. The predicted octanol–water partition coefficient (Wildman–Crippen LogP) is 2.88. The fourth-order valence-electron chi connectivity index (χ4n) is 2.73. The molecule has 0 bridgehead atoms. The first-order valence-electron chi connectivity index (χ1n) is 8.03. The third-order valence-electron chi connectivity index (χ3n) is 3.85. The van der Waals surface area contributed by atoms with Gasteiger partial charge in [0.2, 0.25) is 0 Å². The zero-order valence-corrected chi connectivity index (χ0v) is 14.0. The molecule has 0 atom stereocenters. The molecule has 0 aliphatic carbocycles. The van der Waals surface area contributed by atoms with Crippen molar-refractivity contribution in [2.75, 3.05) is 13.7 Å². The molecule has 5 heteroatoms. The van der Waals surface area contributed by atoms with Gasteiger partial charge in [0.1, 0.15) is 5.75 Å². The Kier molecular flexibility index (Phi) is 4.91. The van der Waals surface area contributed by atoms with Crippen molar-refractivity contribution in [3.05, 3.63) is 70.6 Å². The van der Waals surface area contributed by atoms with Crippen LogP contribution in [-0.4, -0.2) is 28.3 Å². The minimum atomic E-state index is -0.0713. The van der Waals surface area contributed by atoms with Gasteiger partial charge in [-0.3, -0.25) is 9.69 Å². The molecule has 24 heavy (non-hydrogen) atoms. The van der Waals surface area contributed by atoms with Crippen LogP contribution in [-0.2, 0) is 13.2 Å². The van der Waals surface area contributed by atoms with Gasteiger partial charge in [-0.25, -0.2) is 4.68 Å². The van der Waals surface area contributed by atoms with Crippen molar-refractivity contribution in [2.45, 2.75) is 20.1 Å². The van der Waals surface area contributed by atoms with E-state index in [-0.39, 0.29) is 5.56 Å². The second-order valence-electron chi connectivity index (χ2n) is 5.73. The van der Waals surface area contributed by atoms with E-state index in [9.17, 15) is 4.79 Å². The molecule has 0 amide bonds. The molecular weight excluding hydrogens is 302 g/mol. The molecule has 3 rings (SSSR count). The average Bonchev–Trinajstić information content (AvgIpc) is 2.60. The lowest BCUT2D eigenvalue weighted by molar-refractivity contribution is 0.235. The highest BCUT2D eigenvalue weighted by atomic mass is 16.5. The van der Waals surface area contributed by atoms with Gasteiger partial charge in [-0.2, -0.15) is 5.10 Å². The van der Waals surface area contributed by atoms with Gasteiger partial charge in [-0.15, -0.1) is 0 Å². The first kappa shape index (κ1) is 16.2. The third-order valence-corrected chi connectivity index (χ3v) is 3.85. The molecule has 0 aliphatic heterocycles. The fourth-order valence-corrected chi connectivity index (χ4v) is 2.73. The molecule has 0 N–H and O–H groups in total. The maximum Gasteiger partial charge on any atom is 0.275 e. The summed E-state index contributed by atoms with van der Waals surface area (Å²) in [6.07, 6.45) is 1.73. The molecule has 0 aliphatic rings. The van der Waals surface area contributed by atoms with Crippen LogP contribution in [0.3, 0.4) is 0 Å². The minimum Gasteiger partial charge on any atom is -0.494 e. The normalized spacial score (nSPS) is 11.1. The van der Waals surface area contributed by atoms with E-state index in [0.717, 1.165) is 16.7 Å². The summed E-state index contributed by atoms with van der Waals surface area (Å²) in [5.74, 6) is 0.880. The highest BCUT2D eigenvalue weighted by Gasteiger charge is 2.09. The molecule has 0 saturated carbocycles. The number of benzene rings is 2. The quantitative estimate of drug-likeness (QED) is 0.700. The molecule has 0 unspecified atom stereocenters.